The van der Waals surface area contributed by atoms with Gasteiger partial charge in [0.25, 0.3) is 0 Å². The first-order valence-corrected chi connectivity index (χ1v) is 10.2. The molecular formula is C24H24N4O3. The summed E-state index contributed by atoms with van der Waals surface area (Å²) in [6, 6.07) is 13.2. The summed E-state index contributed by atoms with van der Waals surface area (Å²) in [6.45, 7) is 4.47. The standard InChI is InChI=1S/C24H24N4O3/c1-17-20(4-7-22-23(17)16-31-24(22)30)8-9-27(10-11-29)14-19-13-26-28(15-19)21-5-2-18(12-25)3-6-21/h2-7,13,15,29H,8-11,14,16H2,1H3. The van der Waals surface area contributed by atoms with Gasteiger partial charge in [0, 0.05) is 37.0 Å². The van der Waals surface area contributed by atoms with E-state index in [-0.39, 0.29) is 12.6 Å². The van der Waals surface area contributed by atoms with Gasteiger partial charge in [-0.1, -0.05) is 6.07 Å². The SMILES string of the molecule is Cc1c(CCN(CCO)Cc2cnn(-c3ccc(C#N)cc3)c2)ccc2c1COC2=O. The maximum Gasteiger partial charge on any atom is 0.338 e. The highest BCUT2D eigenvalue weighted by atomic mass is 16.5. The van der Waals surface area contributed by atoms with Crippen LogP contribution >= 0.6 is 0 Å². The number of cyclic esters (lactones) is 1. The molecule has 0 spiro atoms. The lowest BCUT2D eigenvalue weighted by Gasteiger charge is -2.21. The maximum absolute atomic E-state index is 11.7. The van der Waals surface area contributed by atoms with Gasteiger partial charge in [-0.2, -0.15) is 10.4 Å². The third-order valence-corrected chi connectivity index (χ3v) is 5.69. The summed E-state index contributed by atoms with van der Waals surface area (Å²) >= 11 is 0. The molecule has 158 valence electrons. The van der Waals surface area contributed by atoms with Crippen LogP contribution in [0.5, 0.6) is 0 Å². The largest absolute Gasteiger partial charge is 0.457 e. The van der Waals surface area contributed by atoms with E-state index >= 15 is 0 Å². The molecule has 1 N–H and O–H groups in total. The fraction of sp³-hybridized carbons (Fsp3) is 0.292. The number of rotatable bonds is 8. The van der Waals surface area contributed by atoms with Gasteiger partial charge in [0.2, 0.25) is 0 Å². The molecule has 2 heterocycles. The number of carbonyl (C=O) groups is 1. The average molecular weight is 416 g/mol. The molecule has 0 bridgehead atoms. The lowest BCUT2D eigenvalue weighted by Crippen LogP contribution is -2.28. The van der Waals surface area contributed by atoms with Crippen LogP contribution in [0.2, 0.25) is 0 Å². The Labute approximate surface area is 181 Å². The number of fused-ring (bicyclic) bond motifs is 1. The number of aliphatic hydroxyl groups is 1. The third kappa shape index (κ3) is 4.50. The third-order valence-electron chi connectivity index (χ3n) is 5.69. The van der Waals surface area contributed by atoms with Gasteiger partial charge >= 0.3 is 5.97 Å². The van der Waals surface area contributed by atoms with Crippen LogP contribution in [0.1, 0.15) is 38.2 Å². The average Bonchev–Trinajstić information content (AvgIpc) is 3.40. The highest BCUT2D eigenvalue weighted by molar-refractivity contribution is 5.93. The fourth-order valence-electron chi connectivity index (χ4n) is 3.89. The Balaban J connectivity index is 1.42. The molecule has 0 atom stereocenters. The number of benzene rings is 2. The molecule has 1 aliphatic rings. The molecule has 7 heteroatoms. The van der Waals surface area contributed by atoms with Crippen LogP contribution in [0.15, 0.2) is 48.8 Å². The minimum Gasteiger partial charge on any atom is -0.457 e. The van der Waals surface area contributed by atoms with Crippen LogP contribution in [0, 0.1) is 18.3 Å². The van der Waals surface area contributed by atoms with E-state index in [4.69, 9.17) is 10.00 Å². The zero-order valence-corrected chi connectivity index (χ0v) is 17.4. The van der Waals surface area contributed by atoms with Crippen LogP contribution in [0.3, 0.4) is 0 Å². The van der Waals surface area contributed by atoms with Crippen LogP contribution < -0.4 is 0 Å². The summed E-state index contributed by atoms with van der Waals surface area (Å²) in [5.41, 5.74) is 6.51. The second-order valence-corrected chi connectivity index (χ2v) is 7.65. The van der Waals surface area contributed by atoms with Crippen LogP contribution in [-0.2, 0) is 24.3 Å². The predicted molar refractivity (Wildman–Crippen MR) is 115 cm³/mol. The second kappa shape index (κ2) is 9.13. The van der Waals surface area contributed by atoms with Gasteiger partial charge in [0.1, 0.15) is 6.61 Å². The van der Waals surface area contributed by atoms with E-state index in [1.54, 1.807) is 16.8 Å². The van der Waals surface area contributed by atoms with E-state index in [1.807, 2.05) is 43.6 Å². The highest BCUT2D eigenvalue weighted by Gasteiger charge is 2.23. The highest BCUT2D eigenvalue weighted by Crippen LogP contribution is 2.26. The van der Waals surface area contributed by atoms with Crippen molar-refractivity contribution in [2.24, 2.45) is 0 Å². The minimum atomic E-state index is -0.245. The normalized spacial score (nSPS) is 12.6. The van der Waals surface area contributed by atoms with Crippen molar-refractivity contribution in [1.29, 1.82) is 5.26 Å². The van der Waals surface area contributed by atoms with E-state index in [0.717, 1.165) is 35.3 Å². The molecule has 1 aliphatic heterocycles. The van der Waals surface area contributed by atoms with Gasteiger partial charge < -0.3 is 9.84 Å². The van der Waals surface area contributed by atoms with Gasteiger partial charge in [-0.05, 0) is 54.8 Å². The van der Waals surface area contributed by atoms with Crippen molar-refractivity contribution in [2.75, 3.05) is 19.7 Å². The maximum atomic E-state index is 11.7. The summed E-state index contributed by atoms with van der Waals surface area (Å²) in [5.74, 6) is -0.245. The van der Waals surface area contributed by atoms with Crippen molar-refractivity contribution in [3.05, 3.63) is 82.2 Å². The van der Waals surface area contributed by atoms with Crippen LogP contribution in [-0.4, -0.2) is 45.5 Å². The van der Waals surface area contributed by atoms with Gasteiger partial charge in [-0.15, -0.1) is 0 Å². The second-order valence-electron chi connectivity index (χ2n) is 7.65. The van der Waals surface area contributed by atoms with Crippen LogP contribution in [0.4, 0.5) is 0 Å². The van der Waals surface area contributed by atoms with Crippen molar-refractivity contribution in [3.8, 4) is 11.8 Å². The molecule has 0 radical (unpaired) electrons. The molecule has 0 saturated carbocycles. The predicted octanol–water partition coefficient (Wildman–Crippen LogP) is 2.76. The van der Waals surface area contributed by atoms with E-state index in [0.29, 0.717) is 30.8 Å². The summed E-state index contributed by atoms with van der Waals surface area (Å²) in [5, 5.41) is 22.9. The van der Waals surface area contributed by atoms with Gasteiger partial charge in [0.15, 0.2) is 0 Å². The van der Waals surface area contributed by atoms with Gasteiger partial charge in [0.05, 0.1) is 35.7 Å². The summed E-state index contributed by atoms with van der Waals surface area (Å²) in [4.78, 5) is 13.9. The minimum absolute atomic E-state index is 0.0786. The monoisotopic (exact) mass is 416 g/mol. The van der Waals surface area contributed by atoms with Crippen molar-refractivity contribution >= 4 is 5.97 Å². The molecule has 0 fully saturated rings. The summed E-state index contributed by atoms with van der Waals surface area (Å²) in [6.07, 6.45) is 4.61. The van der Waals surface area contributed by atoms with E-state index < -0.39 is 0 Å². The van der Waals surface area contributed by atoms with Gasteiger partial charge in [-0.25, -0.2) is 9.48 Å². The number of hydrogen-bond acceptors (Lipinski definition) is 6. The van der Waals surface area contributed by atoms with Crippen molar-refractivity contribution < 1.29 is 14.6 Å². The molecule has 1 aromatic heterocycles. The summed E-state index contributed by atoms with van der Waals surface area (Å²) < 4.78 is 6.93. The molecule has 0 amide bonds. The van der Waals surface area contributed by atoms with Crippen molar-refractivity contribution in [3.63, 3.8) is 0 Å². The molecule has 0 unspecified atom stereocenters. The first-order valence-electron chi connectivity index (χ1n) is 10.2. The summed E-state index contributed by atoms with van der Waals surface area (Å²) in [7, 11) is 0. The molecule has 3 aromatic rings. The zero-order valence-electron chi connectivity index (χ0n) is 17.4. The molecule has 0 aliphatic carbocycles. The van der Waals surface area contributed by atoms with Crippen LogP contribution in [0.25, 0.3) is 5.69 Å². The van der Waals surface area contributed by atoms with E-state index in [2.05, 4.69) is 16.1 Å². The lowest BCUT2D eigenvalue weighted by molar-refractivity contribution is 0.0535. The Kier molecular flexibility index (Phi) is 6.12. The Bertz CT molecular complexity index is 1130. The molecule has 2 aromatic carbocycles. The molecule has 0 saturated heterocycles. The fourth-order valence-corrected chi connectivity index (χ4v) is 3.89. The molecule has 31 heavy (non-hydrogen) atoms. The Morgan fingerprint density at radius 3 is 2.77 bits per heavy atom. The topological polar surface area (TPSA) is 91.4 Å². The Morgan fingerprint density at radius 2 is 2.03 bits per heavy atom. The number of aromatic nitrogens is 2. The smallest absolute Gasteiger partial charge is 0.338 e. The number of nitriles is 1. The first-order chi connectivity index (χ1) is 15.1. The number of ether oxygens (including phenoxy) is 1. The molecule has 7 nitrogen and oxygen atoms in total. The van der Waals surface area contributed by atoms with E-state index in [1.165, 1.54) is 5.56 Å². The number of carbonyl (C=O) groups excluding carboxylic acids is 1. The lowest BCUT2D eigenvalue weighted by atomic mass is 9.96. The number of nitrogens with zero attached hydrogens (tertiary/aromatic N) is 4. The Morgan fingerprint density at radius 1 is 1.23 bits per heavy atom. The number of aliphatic hydroxyl groups excluding tert-OH is 1. The van der Waals surface area contributed by atoms with Crippen molar-refractivity contribution in [2.45, 2.75) is 26.5 Å². The molecular weight excluding hydrogens is 392 g/mol. The van der Waals surface area contributed by atoms with Gasteiger partial charge in [-0.3, -0.25) is 4.90 Å². The zero-order chi connectivity index (χ0) is 21.8. The Hall–Kier alpha value is -3.47. The van der Waals surface area contributed by atoms with E-state index in [9.17, 15) is 9.90 Å². The first kappa shape index (κ1) is 20.8. The molecule has 4 rings (SSSR count). The number of hydrogen-bond donors (Lipinski definition) is 1. The number of esters is 1. The quantitative estimate of drug-likeness (QED) is 0.568. The van der Waals surface area contributed by atoms with Crippen molar-refractivity contribution in [1.82, 2.24) is 14.7 Å².